The number of ether oxygens (including phenoxy) is 1. The summed E-state index contributed by atoms with van der Waals surface area (Å²) in [5.74, 6) is 0.899. The van der Waals surface area contributed by atoms with Crippen molar-refractivity contribution in [1.29, 1.82) is 0 Å². The summed E-state index contributed by atoms with van der Waals surface area (Å²) in [6, 6.07) is 10.8. The van der Waals surface area contributed by atoms with Crippen LogP contribution in [0.5, 0.6) is 5.75 Å². The van der Waals surface area contributed by atoms with Crippen LogP contribution in [-0.2, 0) is 6.42 Å². The van der Waals surface area contributed by atoms with Gasteiger partial charge in [0.2, 0.25) is 0 Å². The number of benzene rings is 2. The number of rotatable bonds is 5. The predicted molar refractivity (Wildman–Crippen MR) is 89.7 cm³/mol. The predicted octanol–water partition coefficient (Wildman–Crippen LogP) is 4.09. The molecule has 118 valence electrons. The Morgan fingerprint density at radius 3 is 2.83 bits per heavy atom. The van der Waals surface area contributed by atoms with Crippen molar-refractivity contribution >= 4 is 28.2 Å². The van der Waals surface area contributed by atoms with Gasteiger partial charge in [0.05, 0.1) is 7.11 Å². The SMILES string of the molecule is COc1cc2ccccc2c(F)c1CCNc1cc(Cl)ncn1. The van der Waals surface area contributed by atoms with Gasteiger partial charge in [-0.25, -0.2) is 14.4 Å². The van der Waals surface area contributed by atoms with E-state index < -0.39 is 0 Å². The average molecular weight is 332 g/mol. The number of anilines is 1. The fraction of sp³-hybridized carbons (Fsp3) is 0.176. The summed E-state index contributed by atoms with van der Waals surface area (Å²) in [5.41, 5.74) is 0.541. The molecule has 1 aromatic heterocycles. The Bertz CT molecular complexity index is 841. The van der Waals surface area contributed by atoms with Gasteiger partial charge >= 0.3 is 0 Å². The van der Waals surface area contributed by atoms with Gasteiger partial charge in [0.15, 0.2) is 0 Å². The number of hydrogen-bond acceptors (Lipinski definition) is 4. The minimum atomic E-state index is -0.248. The number of hydrogen-bond donors (Lipinski definition) is 1. The molecule has 6 heteroatoms. The van der Waals surface area contributed by atoms with Crippen molar-refractivity contribution in [3.63, 3.8) is 0 Å². The Kier molecular flexibility index (Phi) is 4.57. The fourth-order valence-electron chi connectivity index (χ4n) is 2.48. The topological polar surface area (TPSA) is 47.0 Å². The molecular weight excluding hydrogens is 317 g/mol. The highest BCUT2D eigenvalue weighted by Gasteiger charge is 2.13. The molecule has 0 radical (unpaired) electrons. The third-order valence-electron chi connectivity index (χ3n) is 3.58. The normalized spacial score (nSPS) is 10.7. The monoisotopic (exact) mass is 331 g/mol. The van der Waals surface area contributed by atoms with E-state index in [4.69, 9.17) is 16.3 Å². The van der Waals surface area contributed by atoms with Gasteiger partial charge in [0.1, 0.15) is 28.9 Å². The van der Waals surface area contributed by atoms with Crippen molar-refractivity contribution in [2.75, 3.05) is 19.0 Å². The Hall–Kier alpha value is -2.40. The second kappa shape index (κ2) is 6.79. The molecular formula is C17H15ClFN3O. The number of nitrogens with zero attached hydrogens (tertiary/aromatic N) is 2. The van der Waals surface area contributed by atoms with Crippen LogP contribution < -0.4 is 10.1 Å². The van der Waals surface area contributed by atoms with Crippen LogP contribution in [0.1, 0.15) is 5.56 Å². The molecule has 1 heterocycles. The zero-order valence-corrected chi connectivity index (χ0v) is 13.3. The van der Waals surface area contributed by atoms with Crippen LogP contribution in [0.25, 0.3) is 10.8 Å². The first-order chi connectivity index (χ1) is 11.2. The Labute approximate surface area is 138 Å². The van der Waals surface area contributed by atoms with Crippen LogP contribution in [0, 0.1) is 5.82 Å². The fourth-order valence-corrected chi connectivity index (χ4v) is 2.63. The molecule has 0 atom stereocenters. The molecule has 3 aromatic rings. The Morgan fingerprint density at radius 1 is 1.22 bits per heavy atom. The highest BCUT2D eigenvalue weighted by Crippen LogP contribution is 2.30. The van der Waals surface area contributed by atoms with E-state index in [9.17, 15) is 4.39 Å². The molecule has 3 rings (SSSR count). The third kappa shape index (κ3) is 3.35. The lowest BCUT2D eigenvalue weighted by atomic mass is 10.0. The lowest BCUT2D eigenvalue weighted by Crippen LogP contribution is -2.09. The molecule has 1 N–H and O–H groups in total. The van der Waals surface area contributed by atoms with Crippen LogP contribution in [0.4, 0.5) is 10.2 Å². The summed E-state index contributed by atoms with van der Waals surface area (Å²) in [5, 5.41) is 4.87. The summed E-state index contributed by atoms with van der Waals surface area (Å²) < 4.78 is 20.1. The maximum atomic E-state index is 14.8. The van der Waals surface area contributed by atoms with Gasteiger partial charge in [0, 0.05) is 23.6 Å². The second-order valence-corrected chi connectivity index (χ2v) is 5.38. The first-order valence-electron chi connectivity index (χ1n) is 7.14. The van der Waals surface area contributed by atoms with E-state index in [1.807, 2.05) is 24.3 Å². The standard InChI is InChI=1S/C17H15ClFN3O/c1-23-14-8-11-4-2-3-5-12(11)17(19)13(14)6-7-20-16-9-15(18)21-10-22-16/h2-5,8-10H,6-7H2,1H3,(H,20,21,22). The molecule has 2 aromatic carbocycles. The second-order valence-electron chi connectivity index (χ2n) is 5.00. The van der Waals surface area contributed by atoms with E-state index in [-0.39, 0.29) is 5.82 Å². The zero-order valence-electron chi connectivity index (χ0n) is 12.5. The molecule has 0 saturated carbocycles. The van der Waals surface area contributed by atoms with E-state index >= 15 is 0 Å². The number of fused-ring (bicyclic) bond motifs is 1. The summed E-state index contributed by atoms with van der Waals surface area (Å²) in [7, 11) is 1.55. The lowest BCUT2D eigenvalue weighted by molar-refractivity contribution is 0.406. The van der Waals surface area contributed by atoms with Crippen molar-refractivity contribution in [1.82, 2.24) is 9.97 Å². The number of aromatic nitrogens is 2. The van der Waals surface area contributed by atoms with Crippen molar-refractivity contribution < 1.29 is 9.13 Å². The largest absolute Gasteiger partial charge is 0.496 e. The Morgan fingerprint density at radius 2 is 2.04 bits per heavy atom. The summed E-state index contributed by atoms with van der Waals surface area (Å²) in [4.78, 5) is 7.87. The molecule has 4 nitrogen and oxygen atoms in total. The molecule has 0 bridgehead atoms. The molecule has 0 unspecified atom stereocenters. The smallest absolute Gasteiger partial charge is 0.137 e. The van der Waals surface area contributed by atoms with Crippen LogP contribution >= 0.6 is 11.6 Å². The Balaban J connectivity index is 1.83. The van der Waals surface area contributed by atoms with Crippen LogP contribution in [0.3, 0.4) is 0 Å². The third-order valence-corrected chi connectivity index (χ3v) is 3.79. The minimum absolute atomic E-state index is 0.248. The van der Waals surface area contributed by atoms with Gasteiger partial charge in [-0.3, -0.25) is 0 Å². The summed E-state index contributed by atoms with van der Waals surface area (Å²) in [6.45, 7) is 0.499. The van der Waals surface area contributed by atoms with Gasteiger partial charge in [-0.05, 0) is 17.9 Å². The van der Waals surface area contributed by atoms with Crippen molar-refractivity contribution in [2.45, 2.75) is 6.42 Å². The van der Waals surface area contributed by atoms with Crippen LogP contribution in [0.15, 0.2) is 42.7 Å². The van der Waals surface area contributed by atoms with Gasteiger partial charge in [0.25, 0.3) is 0 Å². The molecule has 23 heavy (non-hydrogen) atoms. The highest BCUT2D eigenvalue weighted by atomic mass is 35.5. The highest BCUT2D eigenvalue weighted by molar-refractivity contribution is 6.29. The molecule has 0 saturated heterocycles. The minimum Gasteiger partial charge on any atom is -0.496 e. The van der Waals surface area contributed by atoms with Crippen LogP contribution in [-0.4, -0.2) is 23.6 Å². The summed E-state index contributed by atoms with van der Waals surface area (Å²) >= 11 is 5.81. The molecule has 0 spiro atoms. The number of methoxy groups -OCH3 is 1. The van der Waals surface area contributed by atoms with Crippen molar-refractivity contribution in [3.8, 4) is 5.75 Å². The van der Waals surface area contributed by atoms with E-state index in [0.717, 1.165) is 5.39 Å². The summed E-state index contributed by atoms with van der Waals surface area (Å²) in [6.07, 6.45) is 1.84. The first kappa shape index (κ1) is 15.5. The van der Waals surface area contributed by atoms with E-state index in [1.165, 1.54) is 6.33 Å². The number of halogens is 2. The van der Waals surface area contributed by atoms with Crippen molar-refractivity contribution in [2.24, 2.45) is 0 Å². The van der Waals surface area contributed by atoms with Crippen molar-refractivity contribution in [3.05, 3.63) is 59.3 Å². The van der Waals surface area contributed by atoms with Gasteiger partial charge < -0.3 is 10.1 Å². The maximum absolute atomic E-state index is 14.8. The molecule has 0 aliphatic heterocycles. The zero-order chi connectivity index (χ0) is 16.2. The van der Waals surface area contributed by atoms with E-state index in [1.54, 1.807) is 19.2 Å². The first-order valence-corrected chi connectivity index (χ1v) is 7.52. The van der Waals surface area contributed by atoms with Gasteiger partial charge in [-0.15, -0.1) is 0 Å². The van der Waals surface area contributed by atoms with Gasteiger partial charge in [-0.1, -0.05) is 35.9 Å². The van der Waals surface area contributed by atoms with E-state index in [0.29, 0.717) is 40.6 Å². The lowest BCUT2D eigenvalue weighted by Gasteiger charge is -2.13. The number of nitrogens with one attached hydrogen (secondary N) is 1. The maximum Gasteiger partial charge on any atom is 0.137 e. The quantitative estimate of drug-likeness (QED) is 0.715. The molecule has 0 fully saturated rings. The molecule has 0 aliphatic rings. The van der Waals surface area contributed by atoms with Gasteiger partial charge in [-0.2, -0.15) is 0 Å². The molecule has 0 amide bonds. The average Bonchev–Trinajstić information content (AvgIpc) is 2.57. The molecule has 0 aliphatic carbocycles. The van der Waals surface area contributed by atoms with E-state index in [2.05, 4.69) is 15.3 Å². The van der Waals surface area contributed by atoms with Crippen LogP contribution in [0.2, 0.25) is 5.15 Å².